The normalized spacial score (nSPS) is 14.8. The highest BCUT2D eigenvalue weighted by Crippen LogP contribution is 2.10. The van der Waals surface area contributed by atoms with Gasteiger partial charge in [-0.15, -0.1) is 0 Å². The van der Waals surface area contributed by atoms with Gasteiger partial charge in [-0.2, -0.15) is 17.0 Å². The van der Waals surface area contributed by atoms with Gasteiger partial charge in [-0.3, -0.25) is 0 Å². The fourth-order valence-corrected chi connectivity index (χ4v) is 2.52. The molecule has 0 bridgehead atoms. The number of thiocarbonyl (C=S) groups is 1. The topological polar surface area (TPSA) is 66.6 Å². The summed E-state index contributed by atoms with van der Waals surface area (Å²) in [5, 5.41) is 0. The first-order valence-electron chi connectivity index (χ1n) is 5.09. The molecule has 1 atom stereocenters. The van der Waals surface area contributed by atoms with E-state index >= 15 is 0 Å². The molecule has 0 fully saturated rings. The number of nitrogens with two attached hydrogens (primary N) is 1. The average molecular weight is 267 g/mol. The second-order valence-corrected chi connectivity index (χ2v) is 6.77. The molecule has 0 aromatic heterocycles. The maximum absolute atomic E-state index is 12.0. The second-order valence-electron chi connectivity index (χ2n) is 4.20. The molecule has 7 heteroatoms. The van der Waals surface area contributed by atoms with Crippen LogP contribution in [-0.4, -0.2) is 48.7 Å². The van der Waals surface area contributed by atoms with Gasteiger partial charge in [0.2, 0.25) is 0 Å². The predicted molar refractivity (Wildman–Crippen MR) is 70.4 cm³/mol. The van der Waals surface area contributed by atoms with Crippen LogP contribution in [0.5, 0.6) is 0 Å². The molecule has 0 aromatic carbocycles. The van der Waals surface area contributed by atoms with E-state index in [2.05, 4.69) is 0 Å². The van der Waals surface area contributed by atoms with Crippen LogP contribution < -0.4 is 5.73 Å². The lowest BCUT2D eigenvalue weighted by Crippen LogP contribution is -2.45. The van der Waals surface area contributed by atoms with Gasteiger partial charge in [-0.1, -0.05) is 19.1 Å². The third-order valence-corrected chi connectivity index (χ3v) is 4.99. The second kappa shape index (κ2) is 5.90. The van der Waals surface area contributed by atoms with Gasteiger partial charge in [0.25, 0.3) is 10.2 Å². The Morgan fingerprint density at radius 3 is 2.06 bits per heavy atom. The summed E-state index contributed by atoms with van der Waals surface area (Å²) in [7, 11) is -0.327. The lowest BCUT2D eigenvalue weighted by molar-refractivity contribution is 0.350. The van der Waals surface area contributed by atoms with E-state index < -0.39 is 10.2 Å². The summed E-state index contributed by atoms with van der Waals surface area (Å²) in [5.74, 6) is -0.129. The number of rotatable bonds is 6. The Balaban J connectivity index is 4.72. The Morgan fingerprint density at radius 2 is 1.75 bits per heavy atom. The minimum atomic E-state index is -3.42. The van der Waals surface area contributed by atoms with Gasteiger partial charge in [0.05, 0.1) is 4.99 Å². The van der Waals surface area contributed by atoms with Crippen molar-refractivity contribution in [3.8, 4) is 0 Å². The van der Waals surface area contributed by atoms with E-state index in [1.165, 1.54) is 15.7 Å². The SMILES string of the molecule is CC(CN(C)S(=O)(=O)N(C)C(C)C)C(N)=S. The molecule has 0 aliphatic rings. The van der Waals surface area contributed by atoms with Gasteiger partial charge in [0.1, 0.15) is 0 Å². The van der Waals surface area contributed by atoms with E-state index in [0.29, 0.717) is 11.5 Å². The van der Waals surface area contributed by atoms with E-state index in [-0.39, 0.29) is 12.0 Å². The summed E-state index contributed by atoms with van der Waals surface area (Å²) in [6.07, 6.45) is 0. The van der Waals surface area contributed by atoms with Crippen molar-refractivity contribution in [2.45, 2.75) is 26.8 Å². The van der Waals surface area contributed by atoms with Gasteiger partial charge in [-0.05, 0) is 13.8 Å². The van der Waals surface area contributed by atoms with Crippen LogP contribution in [0.15, 0.2) is 0 Å². The van der Waals surface area contributed by atoms with Gasteiger partial charge in [0.15, 0.2) is 0 Å². The molecule has 0 aliphatic heterocycles. The van der Waals surface area contributed by atoms with Crippen LogP contribution in [0.4, 0.5) is 0 Å². The Hall–Kier alpha value is -0.240. The molecule has 96 valence electrons. The quantitative estimate of drug-likeness (QED) is 0.709. The third-order valence-electron chi connectivity index (χ3n) is 2.50. The van der Waals surface area contributed by atoms with Crippen LogP contribution in [0, 0.1) is 5.92 Å². The predicted octanol–water partition coefficient (Wildman–Crippen LogP) is 0.425. The van der Waals surface area contributed by atoms with Crippen molar-refractivity contribution in [3.05, 3.63) is 0 Å². The molecule has 0 saturated heterocycles. The highest BCUT2D eigenvalue weighted by Gasteiger charge is 2.27. The Bertz CT molecular complexity index is 341. The molecule has 0 heterocycles. The summed E-state index contributed by atoms with van der Waals surface area (Å²) in [5.41, 5.74) is 5.46. The summed E-state index contributed by atoms with van der Waals surface area (Å²) in [6.45, 7) is 5.75. The van der Waals surface area contributed by atoms with Crippen LogP contribution in [-0.2, 0) is 10.2 Å². The molecule has 0 spiro atoms. The number of hydrogen-bond acceptors (Lipinski definition) is 3. The molecule has 0 radical (unpaired) electrons. The van der Waals surface area contributed by atoms with Crippen molar-refractivity contribution >= 4 is 27.4 Å². The average Bonchev–Trinajstić information content (AvgIpc) is 2.15. The first kappa shape index (κ1) is 15.8. The highest BCUT2D eigenvalue weighted by atomic mass is 32.2. The van der Waals surface area contributed by atoms with E-state index in [4.69, 9.17) is 18.0 Å². The van der Waals surface area contributed by atoms with Crippen molar-refractivity contribution in [3.63, 3.8) is 0 Å². The maximum atomic E-state index is 12.0. The summed E-state index contributed by atoms with van der Waals surface area (Å²) in [4.78, 5) is 0.328. The number of nitrogens with zero attached hydrogens (tertiary/aromatic N) is 2. The summed E-state index contributed by atoms with van der Waals surface area (Å²) < 4.78 is 26.6. The molecule has 0 aromatic rings. The largest absolute Gasteiger partial charge is 0.393 e. The maximum Gasteiger partial charge on any atom is 0.281 e. The minimum absolute atomic E-state index is 0.0763. The molecular weight excluding hydrogens is 246 g/mol. The van der Waals surface area contributed by atoms with Crippen LogP contribution in [0.25, 0.3) is 0 Å². The Labute approximate surface area is 104 Å². The molecule has 0 rings (SSSR count). The molecule has 1 unspecified atom stereocenters. The Kier molecular flexibility index (Phi) is 5.81. The first-order chi connectivity index (χ1) is 7.10. The van der Waals surface area contributed by atoms with Crippen molar-refractivity contribution < 1.29 is 8.42 Å². The van der Waals surface area contributed by atoms with E-state index in [1.54, 1.807) is 7.05 Å². The van der Waals surface area contributed by atoms with Crippen molar-refractivity contribution in [1.29, 1.82) is 0 Å². The zero-order valence-electron chi connectivity index (χ0n) is 10.5. The minimum Gasteiger partial charge on any atom is -0.393 e. The van der Waals surface area contributed by atoms with Crippen LogP contribution >= 0.6 is 12.2 Å². The van der Waals surface area contributed by atoms with E-state index in [1.807, 2.05) is 20.8 Å². The lowest BCUT2D eigenvalue weighted by atomic mass is 10.2. The third kappa shape index (κ3) is 3.97. The van der Waals surface area contributed by atoms with Crippen LogP contribution in [0.3, 0.4) is 0 Å². The fourth-order valence-electron chi connectivity index (χ4n) is 1.06. The lowest BCUT2D eigenvalue weighted by Gasteiger charge is -2.28. The van der Waals surface area contributed by atoms with E-state index in [0.717, 1.165) is 0 Å². The van der Waals surface area contributed by atoms with Gasteiger partial charge in [0, 0.05) is 32.6 Å². The smallest absolute Gasteiger partial charge is 0.281 e. The zero-order chi connectivity index (χ0) is 13.1. The van der Waals surface area contributed by atoms with Crippen molar-refractivity contribution in [2.24, 2.45) is 11.7 Å². The van der Waals surface area contributed by atoms with Gasteiger partial charge in [-0.25, -0.2) is 0 Å². The molecule has 16 heavy (non-hydrogen) atoms. The zero-order valence-corrected chi connectivity index (χ0v) is 12.1. The van der Waals surface area contributed by atoms with Crippen molar-refractivity contribution in [1.82, 2.24) is 8.61 Å². The summed E-state index contributed by atoms with van der Waals surface area (Å²) in [6, 6.07) is -0.0763. The van der Waals surface area contributed by atoms with Crippen LogP contribution in [0.1, 0.15) is 20.8 Å². The van der Waals surface area contributed by atoms with Gasteiger partial charge >= 0.3 is 0 Å². The highest BCUT2D eigenvalue weighted by molar-refractivity contribution is 7.86. The number of hydrogen-bond donors (Lipinski definition) is 1. The Morgan fingerprint density at radius 1 is 1.31 bits per heavy atom. The fraction of sp³-hybridized carbons (Fsp3) is 0.889. The van der Waals surface area contributed by atoms with Gasteiger partial charge < -0.3 is 5.73 Å². The van der Waals surface area contributed by atoms with E-state index in [9.17, 15) is 8.42 Å². The molecule has 2 N–H and O–H groups in total. The summed E-state index contributed by atoms with van der Waals surface area (Å²) >= 11 is 4.82. The monoisotopic (exact) mass is 267 g/mol. The standard InChI is InChI=1S/C9H21N3O2S2/c1-7(2)12(5)16(13,14)11(4)6-8(3)9(10)15/h7-8H,6H2,1-5H3,(H2,10,15). The van der Waals surface area contributed by atoms with Crippen molar-refractivity contribution in [2.75, 3.05) is 20.6 Å². The molecular formula is C9H21N3O2S2. The molecule has 0 amide bonds. The first-order valence-corrected chi connectivity index (χ1v) is 6.89. The molecule has 0 aliphatic carbocycles. The molecule has 0 saturated carbocycles. The molecule has 5 nitrogen and oxygen atoms in total. The van der Waals surface area contributed by atoms with Crippen LogP contribution in [0.2, 0.25) is 0 Å².